The molecule has 1 unspecified atom stereocenters. The molecule has 7 rings (SSSR count). The lowest BCUT2D eigenvalue weighted by molar-refractivity contribution is -0.235. The third-order valence-corrected chi connectivity index (χ3v) is 16.6. The van der Waals surface area contributed by atoms with Crippen LogP contribution in [0.25, 0.3) is 0 Å². The maximum atomic E-state index is 17.8. The molecule has 13 atom stereocenters. The highest BCUT2D eigenvalue weighted by atomic mass is 32.2. The molecule has 4 fully saturated rings. The molecule has 2 aromatic carbocycles. The number of ether oxygens (including phenoxy) is 2. The van der Waals surface area contributed by atoms with Gasteiger partial charge in [0.25, 0.3) is 0 Å². The Morgan fingerprint density at radius 1 is 0.970 bits per heavy atom. The van der Waals surface area contributed by atoms with E-state index in [2.05, 4.69) is 5.32 Å². The number of hydrogen-bond acceptors (Lipinski definition) is 12. The highest BCUT2D eigenvalue weighted by molar-refractivity contribution is 7.99. The number of halogens is 2. The molecule has 1 aliphatic heterocycles. The first-order valence-corrected chi connectivity index (χ1v) is 24.2. The number of ketones is 5. The van der Waals surface area contributed by atoms with Gasteiger partial charge in [0.05, 0.1) is 23.5 Å². The van der Waals surface area contributed by atoms with E-state index in [0.717, 1.165) is 17.2 Å². The van der Waals surface area contributed by atoms with Crippen LogP contribution in [0.4, 0.5) is 8.78 Å². The van der Waals surface area contributed by atoms with Crippen molar-refractivity contribution in [1.29, 1.82) is 0 Å². The summed E-state index contributed by atoms with van der Waals surface area (Å²) in [6.45, 7) is 7.34. The Morgan fingerprint density at radius 2 is 1.67 bits per heavy atom. The van der Waals surface area contributed by atoms with E-state index in [1.54, 1.807) is 45.0 Å². The predicted octanol–water partition coefficient (Wildman–Crippen LogP) is 6.33. The number of alkyl halides is 2. The molecule has 12 nitrogen and oxygen atoms in total. The smallest absolute Gasteiger partial charge is 0.223 e. The van der Waals surface area contributed by atoms with Crippen molar-refractivity contribution in [3.8, 4) is 5.75 Å². The van der Waals surface area contributed by atoms with E-state index in [1.807, 2.05) is 25.3 Å². The monoisotopic (exact) mass is 933 g/mol. The molecule has 0 radical (unpaired) electrons. The molecule has 0 spiro atoms. The molecule has 356 valence electrons. The van der Waals surface area contributed by atoms with Crippen LogP contribution in [-0.4, -0.2) is 104 Å². The van der Waals surface area contributed by atoms with Crippen molar-refractivity contribution in [2.75, 3.05) is 12.9 Å². The fraction of sp³-hybridized carbons (Fsp3) is 0.569. The van der Waals surface area contributed by atoms with Gasteiger partial charge in [-0.3, -0.25) is 28.8 Å². The Kier molecular flexibility index (Phi) is 14.2. The summed E-state index contributed by atoms with van der Waals surface area (Å²) in [6, 6.07) is 11.3. The molecule has 1 heterocycles. The molecule has 0 bridgehead atoms. The average Bonchev–Trinajstić information content (AvgIpc) is 3.78. The van der Waals surface area contributed by atoms with Crippen LogP contribution in [0.3, 0.4) is 0 Å². The minimum absolute atomic E-state index is 0.00241. The van der Waals surface area contributed by atoms with Crippen molar-refractivity contribution >= 4 is 46.6 Å². The van der Waals surface area contributed by atoms with Crippen LogP contribution in [0, 0.1) is 28.6 Å². The van der Waals surface area contributed by atoms with Gasteiger partial charge in [0, 0.05) is 59.5 Å². The quantitative estimate of drug-likeness (QED) is 0.130. The normalized spacial score (nSPS) is 33.4. The molecule has 1 amide bonds. The number of Topliss-reactive ketones (excluding diaryl/α,β-unsaturated/α-hetero) is 4. The summed E-state index contributed by atoms with van der Waals surface area (Å²) < 4.78 is 46.8. The predicted molar refractivity (Wildman–Crippen MR) is 242 cm³/mol. The van der Waals surface area contributed by atoms with E-state index < -0.39 is 94.6 Å². The van der Waals surface area contributed by atoms with Crippen molar-refractivity contribution < 1.29 is 62.3 Å². The standard InChI is InChI=1S/C51H61F2NO11S/c1-27(18-34(56)8-7-9-40(58)29(3)66-6)46(63)54-28(2)42(60)21-33-20-31(12-15-41(33)59)19-30-10-13-32(14-11-30)47-64-45-24-36-37-23-39(52)38-22-35(57)16-17-48(38,4)50(37,53)43(61)25-49(36,5)51(45,65-47)44(62)26-55/h10-17,20,22,27-29,36-37,39,43,45,47,55,59,61H,7-9,18-19,21,23-26H2,1-6H3,(H,54,63)/t27-,28+,29?,36+,37+,39+,43+,45-,47-,48+,49+,50+,51-/m1/s1. The zero-order chi connectivity index (χ0) is 48.1. The fourth-order valence-corrected chi connectivity index (χ4v) is 12.1. The van der Waals surface area contributed by atoms with E-state index in [-0.39, 0.29) is 72.4 Å². The second kappa shape index (κ2) is 18.9. The number of amides is 1. The molecule has 0 aromatic heterocycles. The van der Waals surface area contributed by atoms with Gasteiger partial charge < -0.3 is 30.1 Å². The lowest BCUT2D eigenvalue weighted by atomic mass is 9.44. The van der Waals surface area contributed by atoms with Gasteiger partial charge in [0.2, 0.25) is 5.91 Å². The number of thioether (sulfide) groups is 1. The fourth-order valence-electron chi connectivity index (χ4n) is 11.7. The van der Waals surface area contributed by atoms with Crippen LogP contribution in [-0.2, 0) is 51.1 Å². The molecule has 1 saturated heterocycles. The number of aliphatic hydroxyl groups excluding tert-OH is 2. The van der Waals surface area contributed by atoms with Crippen LogP contribution < -0.4 is 5.32 Å². The van der Waals surface area contributed by atoms with E-state index in [9.17, 15) is 44.1 Å². The topological polar surface area (TPSA) is 194 Å². The van der Waals surface area contributed by atoms with Crippen LogP contribution in [0.1, 0.15) is 108 Å². The summed E-state index contributed by atoms with van der Waals surface area (Å²) in [7, 11) is 0. The first kappa shape index (κ1) is 49.5. The third kappa shape index (κ3) is 8.56. The van der Waals surface area contributed by atoms with Crippen LogP contribution >= 0.6 is 11.8 Å². The number of carbonyl (C=O) groups excluding carboxylic acids is 6. The first-order chi connectivity index (χ1) is 31.1. The summed E-state index contributed by atoms with van der Waals surface area (Å²) in [5.41, 5.74) is -4.41. The number of aliphatic hydroxyl groups is 2. The first-order valence-electron chi connectivity index (χ1n) is 22.9. The maximum absolute atomic E-state index is 17.8. The van der Waals surface area contributed by atoms with E-state index in [4.69, 9.17) is 9.47 Å². The third-order valence-electron chi connectivity index (χ3n) is 15.6. The summed E-state index contributed by atoms with van der Waals surface area (Å²) in [5, 5.41) is 35.4. The molecular formula is C51H61F2NO11S. The van der Waals surface area contributed by atoms with Gasteiger partial charge >= 0.3 is 0 Å². The van der Waals surface area contributed by atoms with Gasteiger partial charge in [-0.15, -0.1) is 0 Å². The van der Waals surface area contributed by atoms with Gasteiger partial charge in [-0.2, -0.15) is 11.8 Å². The SMILES string of the molecule is CSC(C)C(=O)CCCC(=O)C[C@@H](C)C(=O)N[C@@H](C)C(=O)Cc1cc(Cc2ccc([C@@H]3O[C@@H]4C[C@H]5[C@@H]6C[C@H](F)C7=CC(=O)C=C[C@]7(C)[C@@]6(F)[C@@H](O)C[C@]5(C)[C@]4(C(=O)CO)O3)cc2)ccc1O. The second-order valence-corrected chi connectivity index (χ2v) is 20.8. The Morgan fingerprint density at radius 3 is 2.35 bits per heavy atom. The number of benzene rings is 2. The van der Waals surface area contributed by atoms with E-state index in [1.165, 1.54) is 36.9 Å². The highest BCUT2D eigenvalue weighted by Gasteiger charge is 2.80. The number of phenols is 1. The Bertz CT molecular complexity index is 2340. The van der Waals surface area contributed by atoms with Crippen LogP contribution in [0.2, 0.25) is 0 Å². The largest absolute Gasteiger partial charge is 0.508 e. The highest BCUT2D eigenvalue weighted by Crippen LogP contribution is 2.72. The van der Waals surface area contributed by atoms with Gasteiger partial charge in [-0.05, 0) is 100.0 Å². The summed E-state index contributed by atoms with van der Waals surface area (Å²) in [6.07, 6.45) is 0.985. The number of rotatable bonds is 18. The molecule has 3 saturated carbocycles. The lowest BCUT2D eigenvalue weighted by Crippen LogP contribution is -2.70. The number of phenolic OH excluding ortho intramolecular Hbond substituents is 1. The number of carbonyl (C=O) groups is 6. The average molecular weight is 934 g/mol. The zero-order valence-electron chi connectivity index (χ0n) is 38.3. The molecule has 66 heavy (non-hydrogen) atoms. The van der Waals surface area contributed by atoms with Crippen molar-refractivity contribution in [2.24, 2.45) is 28.6 Å². The molecule has 4 N–H and O–H groups in total. The van der Waals surface area contributed by atoms with Crippen LogP contribution in [0.5, 0.6) is 5.75 Å². The Hall–Kier alpha value is -4.41. The molecule has 4 aliphatic carbocycles. The van der Waals surface area contributed by atoms with Gasteiger partial charge in [-0.25, -0.2) is 8.78 Å². The molecule has 2 aromatic rings. The van der Waals surface area contributed by atoms with Crippen LogP contribution in [0.15, 0.2) is 66.3 Å². The van der Waals surface area contributed by atoms with E-state index in [0.29, 0.717) is 30.4 Å². The van der Waals surface area contributed by atoms with Gasteiger partial charge in [0.1, 0.15) is 30.1 Å². The van der Waals surface area contributed by atoms with Gasteiger partial charge in [0.15, 0.2) is 34.9 Å². The molecular weight excluding hydrogens is 873 g/mol. The summed E-state index contributed by atoms with van der Waals surface area (Å²) >= 11 is 1.46. The Balaban J connectivity index is 0.979. The minimum atomic E-state index is -2.36. The molecule has 5 aliphatic rings. The lowest BCUT2D eigenvalue weighted by Gasteiger charge is -2.63. The maximum Gasteiger partial charge on any atom is 0.223 e. The number of fused-ring (bicyclic) bond motifs is 7. The Labute approximate surface area is 388 Å². The van der Waals surface area contributed by atoms with E-state index >= 15 is 8.78 Å². The number of hydrogen-bond donors (Lipinski definition) is 4. The number of aromatic hydroxyl groups is 1. The summed E-state index contributed by atoms with van der Waals surface area (Å²) in [4.78, 5) is 76.9. The molecule has 15 heteroatoms. The van der Waals surface area contributed by atoms with Crippen molar-refractivity contribution in [1.82, 2.24) is 5.32 Å². The summed E-state index contributed by atoms with van der Waals surface area (Å²) in [5.74, 6) is -4.43. The zero-order valence-corrected chi connectivity index (χ0v) is 39.1. The van der Waals surface area contributed by atoms with Gasteiger partial charge in [-0.1, -0.05) is 56.3 Å². The second-order valence-electron chi connectivity index (χ2n) is 19.6. The minimum Gasteiger partial charge on any atom is -0.508 e. The number of allylic oxidation sites excluding steroid dienone is 4. The number of nitrogens with one attached hydrogen (secondary N) is 1. The van der Waals surface area contributed by atoms with Crippen molar-refractivity contribution in [3.05, 3.63) is 88.5 Å². The van der Waals surface area contributed by atoms with Crippen molar-refractivity contribution in [2.45, 2.75) is 140 Å². The van der Waals surface area contributed by atoms with Crippen molar-refractivity contribution in [3.63, 3.8) is 0 Å².